The maximum absolute atomic E-state index is 13.1. The number of piperidine rings is 3. The highest BCUT2D eigenvalue weighted by Gasteiger charge is 2.58. The maximum atomic E-state index is 13.1. The first-order chi connectivity index (χ1) is 16.2. The number of pyridine rings is 1. The molecule has 0 aliphatic carbocycles. The van der Waals surface area contributed by atoms with Gasteiger partial charge in [-0.3, -0.25) is 4.98 Å². The minimum atomic E-state index is -4.35. The van der Waals surface area contributed by atoms with E-state index in [-0.39, 0.29) is 28.4 Å². The average Bonchev–Trinajstić information content (AvgIpc) is 2.83. The molecule has 7 heteroatoms. The van der Waals surface area contributed by atoms with E-state index < -0.39 is 17.8 Å². The van der Waals surface area contributed by atoms with Crippen LogP contribution in [0.5, 0.6) is 0 Å². The lowest BCUT2D eigenvalue weighted by Crippen LogP contribution is -3.00. The molecule has 4 heterocycles. The first kappa shape index (κ1) is 25.9. The third-order valence-electron chi connectivity index (χ3n) is 8.35. The number of para-hydroxylation sites is 1. The van der Waals surface area contributed by atoms with E-state index in [1.807, 2.05) is 36.4 Å². The van der Waals surface area contributed by atoms with Crippen LogP contribution in [0.2, 0.25) is 0 Å². The summed E-state index contributed by atoms with van der Waals surface area (Å²) in [6.07, 6.45) is 0.605. The van der Waals surface area contributed by atoms with Crippen LogP contribution in [0.15, 0.2) is 73.4 Å². The van der Waals surface area contributed by atoms with Gasteiger partial charge < -0.3 is 26.6 Å². The molecule has 3 aliphatic heterocycles. The number of hydrogen-bond donors (Lipinski definition) is 1. The zero-order chi connectivity index (χ0) is 24.1. The summed E-state index contributed by atoms with van der Waals surface area (Å²) in [4.78, 5) is 4.45. The molecule has 3 nitrogen and oxygen atoms in total. The van der Waals surface area contributed by atoms with Crippen molar-refractivity contribution in [2.75, 3.05) is 13.1 Å². The van der Waals surface area contributed by atoms with Gasteiger partial charge in [0.1, 0.15) is 18.7 Å². The van der Waals surface area contributed by atoms with Crippen LogP contribution in [0.1, 0.15) is 42.6 Å². The Morgan fingerprint density at radius 3 is 2.57 bits per heavy atom. The molecule has 3 saturated heterocycles. The van der Waals surface area contributed by atoms with Gasteiger partial charge in [-0.15, -0.1) is 6.58 Å². The van der Waals surface area contributed by atoms with Gasteiger partial charge in [0.25, 0.3) is 0 Å². The number of aliphatic hydroxyl groups is 1. The minimum Gasteiger partial charge on any atom is -1.00 e. The smallest absolute Gasteiger partial charge is 0.416 e. The van der Waals surface area contributed by atoms with Gasteiger partial charge in [-0.2, -0.15) is 13.2 Å². The van der Waals surface area contributed by atoms with E-state index in [0.717, 1.165) is 48.0 Å². The van der Waals surface area contributed by atoms with Gasteiger partial charge in [0, 0.05) is 35.4 Å². The molecule has 1 aromatic heterocycles. The number of benzene rings is 2. The van der Waals surface area contributed by atoms with Gasteiger partial charge in [0.15, 0.2) is 0 Å². The first-order valence-electron chi connectivity index (χ1n) is 11.8. The second kappa shape index (κ2) is 9.34. The normalized spacial score (nSPS) is 28.9. The summed E-state index contributed by atoms with van der Waals surface area (Å²) in [5.74, 6) is 0.422. The average molecular weight is 547 g/mol. The third-order valence-corrected chi connectivity index (χ3v) is 8.35. The number of fused-ring (bicyclic) bond motifs is 4. The molecule has 6 rings (SSSR count). The van der Waals surface area contributed by atoms with Gasteiger partial charge >= 0.3 is 6.18 Å². The lowest BCUT2D eigenvalue weighted by molar-refractivity contribution is -0.988. The van der Waals surface area contributed by atoms with E-state index in [0.29, 0.717) is 16.9 Å². The Labute approximate surface area is 214 Å². The van der Waals surface area contributed by atoms with Crippen LogP contribution in [0.25, 0.3) is 10.9 Å². The van der Waals surface area contributed by atoms with Crippen molar-refractivity contribution in [3.05, 3.63) is 90.1 Å². The SMILES string of the molecule is C=CC1(C)C[N@+]2(Cc3ccc(C(F)(F)F)cc3)CC[C@H]1CC2[C@H](O)c1ccnc2ccccc12.[Br-]. The molecular formula is C28H30BrF3N2O. The van der Waals surface area contributed by atoms with E-state index in [9.17, 15) is 18.3 Å². The molecule has 3 aliphatic rings. The molecule has 2 bridgehead atoms. The Kier molecular flexibility index (Phi) is 6.90. The molecule has 3 aromatic rings. The molecule has 0 saturated carbocycles. The van der Waals surface area contributed by atoms with Crippen LogP contribution in [0.3, 0.4) is 0 Å². The fraction of sp³-hybridized carbons (Fsp3) is 0.393. The molecule has 5 atom stereocenters. The van der Waals surface area contributed by atoms with Gasteiger partial charge in [-0.25, -0.2) is 0 Å². The van der Waals surface area contributed by atoms with Gasteiger partial charge in [0.05, 0.1) is 24.2 Å². The zero-order valence-electron chi connectivity index (χ0n) is 19.7. The van der Waals surface area contributed by atoms with Crippen molar-refractivity contribution in [3.63, 3.8) is 0 Å². The number of aromatic nitrogens is 1. The largest absolute Gasteiger partial charge is 1.00 e. The minimum absolute atomic E-state index is 0. The monoisotopic (exact) mass is 546 g/mol. The molecule has 0 radical (unpaired) electrons. The molecule has 2 unspecified atom stereocenters. The number of rotatable bonds is 5. The lowest BCUT2D eigenvalue weighted by atomic mass is 9.63. The quantitative estimate of drug-likeness (QED) is 0.393. The highest BCUT2D eigenvalue weighted by Crippen LogP contribution is 2.53. The van der Waals surface area contributed by atoms with Gasteiger partial charge in [-0.05, 0) is 35.7 Å². The van der Waals surface area contributed by atoms with Gasteiger partial charge in [-0.1, -0.05) is 43.3 Å². The number of aliphatic hydroxyl groups excluding tert-OH is 1. The fourth-order valence-corrected chi connectivity index (χ4v) is 6.47. The second-order valence-electron chi connectivity index (χ2n) is 10.3. The summed E-state index contributed by atoms with van der Waals surface area (Å²) in [6, 6.07) is 15.2. The van der Waals surface area contributed by atoms with Crippen LogP contribution in [0, 0.1) is 11.3 Å². The molecule has 35 heavy (non-hydrogen) atoms. The Morgan fingerprint density at radius 2 is 1.89 bits per heavy atom. The predicted molar refractivity (Wildman–Crippen MR) is 127 cm³/mol. The van der Waals surface area contributed by atoms with Gasteiger partial charge in [0.2, 0.25) is 0 Å². The van der Waals surface area contributed by atoms with Crippen LogP contribution < -0.4 is 17.0 Å². The van der Waals surface area contributed by atoms with Crippen molar-refractivity contribution >= 4 is 10.9 Å². The van der Waals surface area contributed by atoms with E-state index in [1.165, 1.54) is 12.1 Å². The zero-order valence-corrected chi connectivity index (χ0v) is 21.3. The Bertz CT molecular complexity index is 1210. The third kappa shape index (κ3) is 4.54. The summed E-state index contributed by atoms with van der Waals surface area (Å²) in [5, 5.41) is 12.7. The molecule has 2 aromatic carbocycles. The summed E-state index contributed by atoms with van der Waals surface area (Å²) >= 11 is 0. The summed E-state index contributed by atoms with van der Waals surface area (Å²) in [7, 11) is 0. The topological polar surface area (TPSA) is 33.1 Å². The standard InChI is InChI=1S/C28H30F3N2O.BrH/c1-3-27(2)18-33(17-19-8-10-20(11-9-19)28(29,30)31)15-13-21(27)16-25(33)26(34)23-12-14-32-24-7-5-4-6-22(23)24;/h3-12,14,21,25-26,34H,1,13,15-18H2,2H3;1H/q+1;/p-1/t21-,25?,26+,27?,33+;/m0./s1. The van der Waals surface area contributed by atoms with Crippen molar-refractivity contribution in [2.45, 2.75) is 44.6 Å². The Morgan fingerprint density at radius 1 is 1.17 bits per heavy atom. The summed E-state index contributed by atoms with van der Waals surface area (Å²) < 4.78 is 40.0. The molecular weight excluding hydrogens is 517 g/mol. The summed E-state index contributed by atoms with van der Waals surface area (Å²) in [6.45, 7) is 8.63. The van der Waals surface area contributed by atoms with Crippen molar-refractivity contribution in [1.29, 1.82) is 0 Å². The lowest BCUT2D eigenvalue weighted by Gasteiger charge is -2.61. The Hall–Kier alpha value is -2.22. The highest BCUT2D eigenvalue weighted by molar-refractivity contribution is 5.82. The van der Waals surface area contributed by atoms with E-state index >= 15 is 0 Å². The van der Waals surface area contributed by atoms with Crippen molar-refractivity contribution in [3.8, 4) is 0 Å². The molecule has 0 spiro atoms. The number of hydrogen-bond acceptors (Lipinski definition) is 2. The fourth-order valence-electron chi connectivity index (χ4n) is 6.47. The molecule has 0 amide bonds. The number of quaternary nitrogens is 1. The van der Waals surface area contributed by atoms with Crippen LogP contribution in [-0.4, -0.2) is 33.7 Å². The van der Waals surface area contributed by atoms with Crippen molar-refractivity contribution in [1.82, 2.24) is 4.98 Å². The van der Waals surface area contributed by atoms with Crippen LogP contribution in [-0.2, 0) is 12.7 Å². The number of halogens is 4. The molecule has 1 N–H and O–H groups in total. The van der Waals surface area contributed by atoms with E-state index in [1.54, 1.807) is 18.3 Å². The predicted octanol–water partition coefficient (Wildman–Crippen LogP) is 3.29. The molecule has 186 valence electrons. The van der Waals surface area contributed by atoms with Crippen molar-refractivity contribution < 1.29 is 39.7 Å². The van der Waals surface area contributed by atoms with E-state index in [4.69, 9.17) is 0 Å². The molecule has 3 fully saturated rings. The van der Waals surface area contributed by atoms with E-state index in [2.05, 4.69) is 18.5 Å². The number of alkyl halides is 3. The second-order valence-corrected chi connectivity index (χ2v) is 10.3. The number of nitrogens with zero attached hydrogens (tertiary/aromatic N) is 2. The van der Waals surface area contributed by atoms with Crippen molar-refractivity contribution in [2.24, 2.45) is 11.3 Å². The highest BCUT2D eigenvalue weighted by atomic mass is 79.9. The van der Waals surface area contributed by atoms with Crippen LogP contribution >= 0.6 is 0 Å². The van der Waals surface area contributed by atoms with Crippen LogP contribution in [0.4, 0.5) is 13.2 Å². The first-order valence-corrected chi connectivity index (χ1v) is 11.8. The summed E-state index contributed by atoms with van der Waals surface area (Å²) in [5.41, 5.74) is 1.87. The Balaban J connectivity index is 0.00000289. The maximum Gasteiger partial charge on any atom is 0.416 e.